The first-order valence-corrected chi connectivity index (χ1v) is 43.0. The van der Waals surface area contributed by atoms with Gasteiger partial charge < -0.3 is 67.4 Å². The average Bonchev–Trinajstić information content (AvgIpc) is 1.60. The first kappa shape index (κ1) is 76.4. The monoisotopic (exact) mass is 1440 g/mol. The van der Waals surface area contributed by atoms with Crippen LogP contribution in [0.3, 0.4) is 0 Å². The summed E-state index contributed by atoms with van der Waals surface area (Å²) in [4.78, 5) is 88.2. The fraction of sp³-hybridized carbons (Fsp3) is 0.656. The van der Waals surface area contributed by atoms with Crippen LogP contribution in [-0.2, 0) is 74.0 Å². The van der Waals surface area contributed by atoms with E-state index < -0.39 is 122 Å². The molecule has 35 heteroatoms. The third kappa shape index (κ3) is 19.4. The molecule has 4 N–H and O–H groups in total. The third-order valence-electron chi connectivity index (χ3n) is 17.9. The standard InChI is InChI=1S/C55H80FN11O17P2SSi2.C6H15N/c1-34(69)64-19-13-16-38(64)29-78-86(87,79-30-41-46(82-85(74)75)44(56)52(81-41)67-27-37-18-17-36-26-66(61-24-39(62-67)43(36)37)50(71)35-14-11-10-12-15-35)83-48-47(84-89(8,9)55(2,3)4)40(28-68)80-53(48)65-32-58-45-49(65)59-31-63(51(45)72)20-21-76-33-60-42(70)25-57-54(73)77-22-23-88(5,6)7;1-4-7(5-2)6-3/h10-12,14-15,24,27,31-32,38,40-41,44,46-48,52-53,68,85H,13,16-23,25-26,28-30,33H2,1-9H3,(H,57,73)(H,60,70)(H,74,75);4-6H2,1-3H3/t38-,40-,41-,44-,46-,47-,48-,52-,53-,86-;/m1./s1. The molecule has 3 saturated heterocycles. The van der Waals surface area contributed by atoms with Gasteiger partial charge in [0.25, 0.3) is 11.5 Å². The van der Waals surface area contributed by atoms with Gasteiger partial charge in [-0.25, -0.2) is 29.2 Å². The van der Waals surface area contributed by atoms with Gasteiger partial charge in [-0.05, 0) is 105 Å². The maximum absolute atomic E-state index is 17.1. The minimum atomic E-state index is -4.29. The number of carbonyl (C=O) groups excluding carboxylic acids is 4. The quantitative estimate of drug-likeness (QED) is 0.0245. The van der Waals surface area contributed by atoms with Crippen molar-refractivity contribution in [3.8, 4) is 0 Å². The van der Waals surface area contributed by atoms with Gasteiger partial charge in [0, 0.05) is 38.9 Å². The van der Waals surface area contributed by atoms with Crippen LogP contribution >= 0.6 is 15.0 Å². The second kappa shape index (κ2) is 33.7. The Bertz CT molecular complexity index is 3480. The summed E-state index contributed by atoms with van der Waals surface area (Å²) in [7, 11) is -8.06. The van der Waals surface area contributed by atoms with E-state index in [9.17, 15) is 38.5 Å². The lowest BCUT2D eigenvalue weighted by atomic mass is 10.0. The van der Waals surface area contributed by atoms with Crippen molar-refractivity contribution in [1.82, 2.24) is 49.6 Å². The smallest absolute Gasteiger partial charge is 0.407 e. The maximum Gasteiger partial charge on any atom is 0.407 e. The van der Waals surface area contributed by atoms with Gasteiger partial charge in [-0.2, -0.15) is 10.2 Å². The maximum atomic E-state index is 17.1. The van der Waals surface area contributed by atoms with Gasteiger partial charge in [-0.3, -0.25) is 37.4 Å². The summed E-state index contributed by atoms with van der Waals surface area (Å²) in [6.45, 7) is 22.7. The van der Waals surface area contributed by atoms with Crippen molar-refractivity contribution < 1.29 is 79.6 Å². The molecule has 3 fully saturated rings. The second-order valence-corrected chi connectivity index (χ2v) is 40.8. The van der Waals surface area contributed by atoms with Gasteiger partial charge in [0.2, 0.25) is 11.8 Å². The van der Waals surface area contributed by atoms with E-state index >= 15 is 4.39 Å². The first-order chi connectivity index (χ1) is 45.5. The SMILES string of the molecule is CC(=O)N1CCC[C@@H]1CO[P@@](=S)(OC[C@H]1O[C@@H](N2C=C3CCC4=C3C(=N2)C=NN(C(=O)c2ccccc2)C4)[C@H](F)[C@@H]1O[PH](=O)O)O[C@@H]1[C@H](O[Si](C)(C)C(C)(C)C)[C@@H](CO)O[C@H]1n1cnc2c(=O)n(CCOCNC(=O)CNC(=O)OCC[Si](C)(C)C)cnc21.CCN(CC)CC. The number of fused-ring (bicyclic) bond motifs is 1. The number of aromatic nitrogens is 4. The van der Waals surface area contributed by atoms with Crippen LogP contribution in [0.1, 0.15) is 90.7 Å². The van der Waals surface area contributed by atoms with Crippen molar-refractivity contribution in [3.05, 3.63) is 81.8 Å². The Morgan fingerprint density at radius 1 is 0.927 bits per heavy atom. The van der Waals surface area contributed by atoms with Gasteiger partial charge in [0.1, 0.15) is 55.8 Å². The number of likely N-dealkylation sites (tertiary alicyclic amines) is 1. The van der Waals surface area contributed by atoms with Crippen LogP contribution in [0.2, 0.25) is 43.8 Å². The van der Waals surface area contributed by atoms with Gasteiger partial charge in [-0.15, -0.1) is 0 Å². The number of carbonyl (C=O) groups is 4. The molecular formula is C61H95FN12O17P2SSi2. The zero-order valence-electron chi connectivity index (χ0n) is 56.8. The zero-order chi connectivity index (χ0) is 69.9. The highest BCUT2D eigenvalue weighted by Gasteiger charge is 2.55. The van der Waals surface area contributed by atoms with Crippen molar-refractivity contribution >= 4 is 90.1 Å². The lowest BCUT2D eigenvalue weighted by Crippen LogP contribution is -2.50. The Kier molecular flexibility index (Phi) is 26.8. The van der Waals surface area contributed by atoms with Gasteiger partial charge in [-0.1, -0.05) is 79.4 Å². The summed E-state index contributed by atoms with van der Waals surface area (Å²) in [6.07, 6.45) is -4.37. The van der Waals surface area contributed by atoms with Gasteiger partial charge in [0.05, 0.1) is 64.7 Å². The number of allylic oxidation sites excluding steroid dienone is 2. The number of ether oxygens (including phenoxy) is 4. The Labute approximate surface area is 567 Å². The number of hydrogen-bond donors (Lipinski definition) is 4. The molecule has 96 heavy (non-hydrogen) atoms. The molecule has 5 aliphatic heterocycles. The number of halogens is 1. The zero-order valence-corrected chi connectivity index (χ0v) is 61.6. The molecule has 0 radical (unpaired) electrons. The number of alkyl halides is 1. The van der Waals surface area contributed by atoms with Crippen molar-refractivity contribution in [2.75, 3.05) is 79.0 Å². The van der Waals surface area contributed by atoms with Crippen LogP contribution < -0.4 is 16.2 Å². The highest BCUT2D eigenvalue weighted by molar-refractivity contribution is 8.07. The molecule has 29 nitrogen and oxygen atoms in total. The van der Waals surface area contributed by atoms with Crippen LogP contribution in [0.25, 0.3) is 11.2 Å². The summed E-state index contributed by atoms with van der Waals surface area (Å²) in [5.41, 5.74) is 2.69. The van der Waals surface area contributed by atoms with Crippen molar-refractivity contribution in [1.29, 1.82) is 0 Å². The summed E-state index contributed by atoms with van der Waals surface area (Å²) in [5.74, 6) is -1.03. The number of imidazole rings is 1. The lowest BCUT2D eigenvalue weighted by molar-refractivity contribution is -0.130. The Morgan fingerprint density at radius 2 is 1.64 bits per heavy atom. The molecule has 4 amide bonds. The molecule has 6 aliphatic rings. The molecule has 2 aromatic heterocycles. The fourth-order valence-electron chi connectivity index (χ4n) is 11.4. The summed E-state index contributed by atoms with van der Waals surface area (Å²) in [5, 5.41) is 27.4. The van der Waals surface area contributed by atoms with Gasteiger partial charge >= 0.3 is 21.1 Å². The van der Waals surface area contributed by atoms with Crippen LogP contribution in [0.5, 0.6) is 0 Å². The number of aliphatic hydroxyl groups is 1. The lowest BCUT2D eigenvalue weighted by Gasteiger charge is -2.41. The number of nitrogens with zero attached hydrogens (tertiary/aromatic N) is 10. The molecule has 11 atom stereocenters. The number of benzene rings is 1. The Hall–Kier alpha value is -5.33. The van der Waals surface area contributed by atoms with E-state index in [0.29, 0.717) is 43.5 Å². The molecule has 1 aliphatic carbocycles. The van der Waals surface area contributed by atoms with E-state index in [2.05, 4.69) is 71.0 Å². The number of aliphatic hydroxyl groups excluding tert-OH is 1. The number of amides is 4. The van der Waals surface area contributed by atoms with E-state index in [-0.39, 0.29) is 69.2 Å². The number of alkyl carbamates (subject to hydrolysis) is 1. The van der Waals surface area contributed by atoms with E-state index in [4.69, 9.17) is 58.4 Å². The van der Waals surface area contributed by atoms with Crippen LogP contribution in [0, 0.1) is 0 Å². The molecule has 0 saturated carbocycles. The topological polar surface area (TPSA) is 323 Å². The minimum Gasteiger partial charge on any atom is -0.450 e. The Morgan fingerprint density at radius 3 is 2.29 bits per heavy atom. The van der Waals surface area contributed by atoms with Crippen molar-refractivity contribution in [2.24, 2.45) is 10.2 Å². The summed E-state index contributed by atoms with van der Waals surface area (Å²) < 4.78 is 88.6. The molecule has 0 spiro atoms. The van der Waals surface area contributed by atoms with E-state index in [1.165, 1.54) is 64.6 Å². The normalized spacial score (nSPS) is 24.5. The molecule has 3 aromatic rings. The minimum absolute atomic E-state index is 0.00201. The fourth-order valence-corrected chi connectivity index (χ4v) is 16.0. The average molecular weight is 1440 g/mol. The van der Waals surface area contributed by atoms with E-state index in [0.717, 1.165) is 22.8 Å². The van der Waals surface area contributed by atoms with Crippen LogP contribution in [-0.4, -0.2) is 229 Å². The first-order valence-electron chi connectivity index (χ1n) is 32.6. The van der Waals surface area contributed by atoms with Gasteiger partial charge in [0.15, 0.2) is 38.1 Å². The molecule has 7 heterocycles. The largest absolute Gasteiger partial charge is 0.450 e. The highest BCUT2D eigenvalue weighted by atomic mass is 32.5. The van der Waals surface area contributed by atoms with Crippen molar-refractivity contribution in [2.45, 2.75) is 180 Å². The number of hydrazone groups is 2. The third-order valence-corrected chi connectivity index (χ3v) is 26.8. The number of hydrogen-bond acceptors (Lipinski definition) is 23. The highest BCUT2D eigenvalue weighted by Crippen LogP contribution is 2.56. The molecule has 1 aromatic carbocycles. The van der Waals surface area contributed by atoms with E-state index in [1.807, 2.05) is 39.9 Å². The molecular weight excluding hydrogens is 1340 g/mol. The van der Waals surface area contributed by atoms with E-state index in [1.54, 1.807) is 35.4 Å². The van der Waals surface area contributed by atoms with Crippen molar-refractivity contribution in [3.63, 3.8) is 0 Å². The molecule has 532 valence electrons. The number of nitrogens with one attached hydrogen (secondary N) is 2. The molecule has 0 bridgehead atoms. The number of rotatable bonds is 29. The van der Waals surface area contributed by atoms with Crippen LogP contribution in [0.4, 0.5) is 9.18 Å². The Balaban J connectivity index is 0.00000159. The predicted octanol–water partition coefficient (Wildman–Crippen LogP) is 6.65. The second-order valence-electron chi connectivity index (χ2n) is 26.7. The summed E-state index contributed by atoms with van der Waals surface area (Å²) >= 11 is 6.32. The summed E-state index contributed by atoms with van der Waals surface area (Å²) in [6, 6.07) is 9.05. The van der Waals surface area contributed by atoms with Crippen LogP contribution in [0.15, 0.2) is 80.9 Å². The molecule has 9 rings (SSSR count). The molecule has 1 unspecified atom stereocenters. The predicted molar refractivity (Wildman–Crippen MR) is 365 cm³/mol.